The largest absolute Gasteiger partial charge is 0.373 e. The molecule has 0 aliphatic carbocycles. The molecule has 0 radical (unpaired) electrons. The maximum Gasteiger partial charge on any atom is 0.0708 e. The van der Waals surface area contributed by atoms with Gasteiger partial charge in [0.05, 0.1) is 24.4 Å². The van der Waals surface area contributed by atoms with Crippen molar-refractivity contribution in [2.45, 2.75) is 96.9 Å². The highest BCUT2D eigenvalue weighted by Crippen LogP contribution is 2.26. The molecule has 0 fully saturated rings. The third-order valence-electron chi connectivity index (χ3n) is 3.49. The van der Waals surface area contributed by atoms with Crippen LogP contribution in [0.15, 0.2) is 0 Å². The summed E-state index contributed by atoms with van der Waals surface area (Å²) in [6.07, 6.45) is 2.57. The van der Waals surface area contributed by atoms with Gasteiger partial charge in [-0.25, -0.2) is 0 Å². The lowest BCUT2D eigenvalue weighted by atomic mass is 9.87. The standard InChI is InChI=1S/C17H38N2O2/c1-9-17(8,13-15(4,5)19)21-11-10-20-16(6,7)12-14(2,3)18/h9-13,18-19H2,1-8H3. The lowest BCUT2D eigenvalue weighted by Gasteiger charge is -2.36. The van der Waals surface area contributed by atoms with Gasteiger partial charge in [0.15, 0.2) is 0 Å². The topological polar surface area (TPSA) is 70.5 Å². The molecule has 0 aliphatic rings. The first kappa shape index (κ1) is 20.8. The Balaban J connectivity index is 4.24. The van der Waals surface area contributed by atoms with Gasteiger partial charge in [-0.3, -0.25) is 0 Å². The highest BCUT2D eigenvalue weighted by Gasteiger charge is 2.30. The minimum absolute atomic E-state index is 0.196. The fourth-order valence-electron chi connectivity index (χ4n) is 3.00. The molecule has 0 aliphatic heterocycles. The van der Waals surface area contributed by atoms with Gasteiger partial charge >= 0.3 is 0 Å². The second kappa shape index (κ2) is 7.40. The van der Waals surface area contributed by atoms with Crippen molar-refractivity contribution in [3.8, 4) is 0 Å². The molecular formula is C17H38N2O2. The molecule has 128 valence electrons. The molecule has 0 aromatic rings. The molecule has 0 saturated heterocycles. The zero-order chi connectivity index (χ0) is 16.9. The summed E-state index contributed by atoms with van der Waals surface area (Å²) in [5.41, 5.74) is 11.3. The second-order valence-electron chi connectivity index (χ2n) is 8.59. The molecule has 0 aromatic heterocycles. The summed E-state index contributed by atoms with van der Waals surface area (Å²) >= 11 is 0. The van der Waals surface area contributed by atoms with Crippen LogP contribution in [0, 0.1) is 0 Å². The van der Waals surface area contributed by atoms with Crippen molar-refractivity contribution in [2.24, 2.45) is 11.5 Å². The second-order valence-corrected chi connectivity index (χ2v) is 8.59. The first-order valence-corrected chi connectivity index (χ1v) is 8.04. The minimum Gasteiger partial charge on any atom is -0.373 e. The Morgan fingerprint density at radius 2 is 1.14 bits per heavy atom. The van der Waals surface area contributed by atoms with Crippen LogP contribution in [-0.2, 0) is 9.47 Å². The SMILES string of the molecule is CCC(C)(CC(C)(C)N)OCCOC(C)(C)CC(C)(C)N. The summed E-state index contributed by atoms with van der Waals surface area (Å²) in [4.78, 5) is 0. The average molecular weight is 303 g/mol. The summed E-state index contributed by atoms with van der Waals surface area (Å²) in [5.74, 6) is 0. The molecule has 0 bridgehead atoms. The van der Waals surface area contributed by atoms with Gasteiger partial charge in [0.2, 0.25) is 0 Å². The van der Waals surface area contributed by atoms with Crippen molar-refractivity contribution < 1.29 is 9.47 Å². The van der Waals surface area contributed by atoms with Gasteiger partial charge in [-0.1, -0.05) is 6.92 Å². The molecule has 1 unspecified atom stereocenters. The molecule has 4 nitrogen and oxygen atoms in total. The zero-order valence-corrected chi connectivity index (χ0v) is 15.5. The van der Waals surface area contributed by atoms with Gasteiger partial charge in [-0.05, 0) is 67.7 Å². The summed E-state index contributed by atoms with van der Waals surface area (Å²) in [6.45, 7) is 17.7. The number of rotatable bonds is 10. The molecule has 1 atom stereocenters. The van der Waals surface area contributed by atoms with E-state index >= 15 is 0 Å². The minimum atomic E-state index is -0.239. The zero-order valence-electron chi connectivity index (χ0n) is 15.5. The van der Waals surface area contributed by atoms with Gasteiger partial charge in [0.25, 0.3) is 0 Å². The van der Waals surface area contributed by atoms with E-state index < -0.39 is 0 Å². The quantitative estimate of drug-likeness (QED) is 0.608. The normalized spacial score (nSPS) is 16.9. The van der Waals surface area contributed by atoms with Gasteiger partial charge in [-0.15, -0.1) is 0 Å². The molecular weight excluding hydrogens is 264 g/mol. The van der Waals surface area contributed by atoms with Crippen LogP contribution in [0.25, 0.3) is 0 Å². The predicted octanol–water partition coefficient (Wildman–Crippen LogP) is 3.22. The molecule has 0 spiro atoms. The van der Waals surface area contributed by atoms with E-state index in [9.17, 15) is 0 Å². The molecule has 21 heavy (non-hydrogen) atoms. The van der Waals surface area contributed by atoms with E-state index in [0.717, 1.165) is 19.3 Å². The van der Waals surface area contributed by atoms with E-state index in [4.69, 9.17) is 20.9 Å². The molecule has 0 saturated carbocycles. The van der Waals surface area contributed by atoms with Crippen LogP contribution < -0.4 is 11.5 Å². The summed E-state index contributed by atoms with van der Waals surface area (Å²) in [6, 6.07) is 0. The molecule has 0 rings (SSSR count). The summed E-state index contributed by atoms with van der Waals surface area (Å²) in [7, 11) is 0. The molecule has 4 heteroatoms. The molecule has 0 heterocycles. The number of hydrogen-bond acceptors (Lipinski definition) is 4. The Labute approximate surface area is 131 Å². The Morgan fingerprint density at radius 3 is 1.52 bits per heavy atom. The fourth-order valence-corrected chi connectivity index (χ4v) is 3.00. The van der Waals surface area contributed by atoms with E-state index in [-0.39, 0.29) is 22.3 Å². The Hall–Kier alpha value is -0.160. The Morgan fingerprint density at radius 1 is 0.714 bits per heavy atom. The first-order chi connectivity index (χ1) is 9.18. The van der Waals surface area contributed by atoms with Crippen molar-refractivity contribution in [3.05, 3.63) is 0 Å². The van der Waals surface area contributed by atoms with Gasteiger partial charge in [0.1, 0.15) is 0 Å². The van der Waals surface area contributed by atoms with Crippen LogP contribution >= 0.6 is 0 Å². The monoisotopic (exact) mass is 302 g/mol. The van der Waals surface area contributed by atoms with Crippen LogP contribution in [-0.4, -0.2) is 35.5 Å². The highest BCUT2D eigenvalue weighted by atomic mass is 16.5. The van der Waals surface area contributed by atoms with Crippen LogP contribution in [0.3, 0.4) is 0 Å². The van der Waals surface area contributed by atoms with E-state index in [1.165, 1.54) is 0 Å². The molecule has 0 aromatic carbocycles. The van der Waals surface area contributed by atoms with Crippen LogP contribution in [0.1, 0.15) is 74.7 Å². The number of nitrogens with two attached hydrogens (primary N) is 2. The average Bonchev–Trinajstić information content (AvgIpc) is 2.19. The highest BCUT2D eigenvalue weighted by molar-refractivity contribution is 4.86. The summed E-state index contributed by atoms with van der Waals surface area (Å²) < 4.78 is 12.0. The lowest BCUT2D eigenvalue weighted by molar-refractivity contribution is -0.104. The lowest BCUT2D eigenvalue weighted by Crippen LogP contribution is -2.44. The van der Waals surface area contributed by atoms with Crippen LogP contribution in [0.4, 0.5) is 0 Å². The van der Waals surface area contributed by atoms with E-state index in [2.05, 4.69) is 27.7 Å². The van der Waals surface area contributed by atoms with Gasteiger partial charge in [-0.2, -0.15) is 0 Å². The van der Waals surface area contributed by atoms with Crippen molar-refractivity contribution in [3.63, 3.8) is 0 Å². The number of hydrogen-bond donors (Lipinski definition) is 2. The maximum absolute atomic E-state index is 6.11. The van der Waals surface area contributed by atoms with Crippen LogP contribution in [0.5, 0.6) is 0 Å². The predicted molar refractivity (Wildman–Crippen MR) is 90.4 cm³/mol. The molecule has 4 N–H and O–H groups in total. The third kappa shape index (κ3) is 11.1. The third-order valence-corrected chi connectivity index (χ3v) is 3.49. The van der Waals surface area contributed by atoms with E-state index in [1.54, 1.807) is 0 Å². The first-order valence-electron chi connectivity index (χ1n) is 8.04. The van der Waals surface area contributed by atoms with Crippen LogP contribution in [0.2, 0.25) is 0 Å². The maximum atomic E-state index is 6.11. The fraction of sp³-hybridized carbons (Fsp3) is 1.00. The van der Waals surface area contributed by atoms with Crippen molar-refractivity contribution in [2.75, 3.05) is 13.2 Å². The van der Waals surface area contributed by atoms with Crippen molar-refractivity contribution in [1.82, 2.24) is 0 Å². The van der Waals surface area contributed by atoms with Crippen molar-refractivity contribution in [1.29, 1.82) is 0 Å². The number of ether oxygens (including phenoxy) is 2. The van der Waals surface area contributed by atoms with E-state index in [1.807, 2.05) is 27.7 Å². The Kier molecular flexibility index (Phi) is 7.35. The van der Waals surface area contributed by atoms with Gasteiger partial charge < -0.3 is 20.9 Å². The van der Waals surface area contributed by atoms with Crippen molar-refractivity contribution >= 4 is 0 Å². The van der Waals surface area contributed by atoms with E-state index in [0.29, 0.717) is 13.2 Å². The Bertz CT molecular complexity index is 303. The van der Waals surface area contributed by atoms with Gasteiger partial charge in [0, 0.05) is 11.1 Å². The smallest absolute Gasteiger partial charge is 0.0708 e. The summed E-state index contributed by atoms with van der Waals surface area (Å²) in [5, 5.41) is 0. The molecule has 0 amide bonds.